The van der Waals surface area contributed by atoms with Crippen LogP contribution < -0.4 is 0 Å². The normalized spacial score (nSPS) is 11.1. The Balaban J connectivity index is 2.33. The van der Waals surface area contributed by atoms with Crippen molar-refractivity contribution in [2.75, 3.05) is 19.6 Å². The van der Waals surface area contributed by atoms with E-state index >= 15 is 0 Å². The number of aromatic nitrogens is 1. The van der Waals surface area contributed by atoms with Crippen molar-refractivity contribution >= 4 is 11.3 Å². The Hall–Kier alpha value is -0.410. The highest BCUT2D eigenvalue weighted by molar-refractivity contribution is 7.09. The molecule has 13 heavy (non-hydrogen) atoms. The predicted octanol–water partition coefficient (Wildman–Crippen LogP) is 2.34. The van der Waals surface area contributed by atoms with E-state index in [0.29, 0.717) is 0 Å². The van der Waals surface area contributed by atoms with Crippen LogP contribution in [0.15, 0.2) is 5.38 Å². The van der Waals surface area contributed by atoms with Crippen LogP contribution in [0.2, 0.25) is 0 Å². The first-order chi connectivity index (χ1) is 6.26. The van der Waals surface area contributed by atoms with Gasteiger partial charge in [-0.15, -0.1) is 11.3 Å². The summed E-state index contributed by atoms with van der Waals surface area (Å²) in [6.07, 6.45) is 1.10. The molecule has 0 aliphatic heterocycles. The van der Waals surface area contributed by atoms with Gasteiger partial charge in [0.05, 0.1) is 5.01 Å². The van der Waals surface area contributed by atoms with Crippen molar-refractivity contribution in [1.82, 2.24) is 9.88 Å². The lowest BCUT2D eigenvalue weighted by Crippen LogP contribution is -2.25. The van der Waals surface area contributed by atoms with Gasteiger partial charge < -0.3 is 4.90 Å². The average molecular weight is 198 g/mol. The number of aryl methyl sites for hydroxylation is 1. The molecule has 0 bridgehead atoms. The van der Waals surface area contributed by atoms with Gasteiger partial charge in [-0.05, 0) is 20.0 Å². The van der Waals surface area contributed by atoms with E-state index in [-0.39, 0.29) is 0 Å². The van der Waals surface area contributed by atoms with Crippen molar-refractivity contribution in [3.63, 3.8) is 0 Å². The van der Waals surface area contributed by atoms with Crippen LogP contribution in [0.3, 0.4) is 0 Å². The molecule has 0 radical (unpaired) electrons. The third-order valence-electron chi connectivity index (χ3n) is 2.20. The van der Waals surface area contributed by atoms with Crippen molar-refractivity contribution in [3.05, 3.63) is 16.1 Å². The molecular weight excluding hydrogens is 180 g/mol. The average Bonchev–Trinajstić information content (AvgIpc) is 2.53. The molecule has 1 rings (SSSR count). The molecule has 2 nitrogen and oxygen atoms in total. The van der Waals surface area contributed by atoms with Gasteiger partial charge in [-0.1, -0.05) is 13.8 Å². The van der Waals surface area contributed by atoms with Crippen LogP contribution in [-0.2, 0) is 6.42 Å². The molecule has 0 aliphatic carbocycles. The fourth-order valence-corrected chi connectivity index (χ4v) is 2.08. The Labute approximate surface area is 84.6 Å². The minimum absolute atomic E-state index is 1.10. The van der Waals surface area contributed by atoms with Gasteiger partial charge in [0, 0.05) is 24.0 Å². The second-order valence-corrected chi connectivity index (χ2v) is 4.10. The summed E-state index contributed by atoms with van der Waals surface area (Å²) in [5, 5.41) is 3.39. The Bertz CT molecular complexity index is 241. The van der Waals surface area contributed by atoms with E-state index in [0.717, 1.165) is 31.7 Å². The molecule has 0 aliphatic rings. The summed E-state index contributed by atoms with van der Waals surface area (Å²) < 4.78 is 0. The zero-order chi connectivity index (χ0) is 9.68. The van der Waals surface area contributed by atoms with E-state index in [1.807, 2.05) is 0 Å². The van der Waals surface area contributed by atoms with E-state index < -0.39 is 0 Å². The molecule has 0 aromatic carbocycles. The first kappa shape index (κ1) is 10.7. The van der Waals surface area contributed by atoms with Gasteiger partial charge in [0.1, 0.15) is 0 Å². The molecule has 1 heterocycles. The summed E-state index contributed by atoms with van der Waals surface area (Å²) in [5.41, 5.74) is 1.15. The molecule has 1 aromatic rings. The Morgan fingerprint density at radius 2 is 2.08 bits per heavy atom. The van der Waals surface area contributed by atoms with Crippen LogP contribution in [0.1, 0.15) is 24.5 Å². The minimum Gasteiger partial charge on any atom is -0.303 e. The summed E-state index contributed by atoms with van der Waals surface area (Å²) in [6.45, 7) is 9.88. The highest BCUT2D eigenvalue weighted by atomic mass is 32.1. The molecule has 1 aromatic heterocycles. The fourth-order valence-electron chi connectivity index (χ4n) is 1.31. The third-order valence-corrected chi connectivity index (χ3v) is 3.23. The van der Waals surface area contributed by atoms with Crippen molar-refractivity contribution in [2.45, 2.75) is 27.2 Å². The van der Waals surface area contributed by atoms with E-state index in [4.69, 9.17) is 0 Å². The van der Waals surface area contributed by atoms with Crippen LogP contribution in [-0.4, -0.2) is 29.5 Å². The highest BCUT2D eigenvalue weighted by Crippen LogP contribution is 2.09. The Kier molecular flexibility index (Phi) is 4.39. The summed E-state index contributed by atoms with van der Waals surface area (Å²) in [6, 6.07) is 0. The second kappa shape index (κ2) is 5.35. The van der Waals surface area contributed by atoms with Gasteiger partial charge in [0.15, 0.2) is 0 Å². The minimum atomic E-state index is 1.10. The molecule has 74 valence electrons. The molecule has 3 heteroatoms. The van der Waals surface area contributed by atoms with E-state index in [1.54, 1.807) is 11.3 Å². The van der Waals surface area contributed by atoms with Crippen LogP contribution in [0, 0.1) is 6.92 Å². The van der Waals surface area contributed by atoms with Gasteiger partial charge in [-0.3, -0.25) is 0 Å². The largest absolute Gasteiger partial charge is 0.303 e. The fraction of sp³-hybridized carbons (Fsp3) is 0.700. The monoisotopic (exact) mass is 198 g/mol. The molecule has 0 unspecified atom stereocenters. The molecule has 0 amide bonds. The van der Waals surface area contributed by atoms with E-state index in [2.05, 4.69) is 36.0 Å². The summed E-state index contributed by atoms with van der Waals surface area (Å²) in [4.78, 5) is 6.87. The van der Waals surface area contributed by atoms with Crippen molar-refractivity contribution in [1.29, 1.82) is 0 Å². The van der Waals surface area contributed by atoms with Crippen LogP contribution in [0.5, 0.6) is 0 Å². The maximum atomic E-state index is 4.44. The topological polar surface area (TPSA) is 16.1 Å². The van der Waals surface area contributed by atoms with Gasteiger partial charge in [0.2, 0.25) is 0 Å². The number of thiazole rings is 1. The smallest absolute Gasteiger partial charge is 0.0940 e. The van der Waals surface area contributed by atoms with Crippen molar-refractivity contribution in [3.8, 4) is 0 Å². The maximum Gasteiger partial charge on any atom is 0.0940 e. The lowest BCUT2D eigenvalue weighted by Gasteiger charge is -2.16. The first-order valence-corrected chi connectivity index (χ1v) is 5.77. The van der Waals surface area contributed by atoms with Crippen LogP contribution >= 0.6 is 11.3 Å². The zero-order valence-electron chi connectivity index (χ0n) is 8.71. The lowest BCUT2D eigenvalue weighted by atomic mass is 10.4. The SMILES string of the molecule is CCN(CC)CCc1nc(C)cs1. The first-order valence-electron chi connectivity index (χ1n) is 4.89. The van der Waals surface area contributed by atoms with Crippen LogP contribution in [0.25, 0.3) is 0 Å². The maximum absolute atomic E-state index is 4.44. The predicted molar refractivity (Wildman–Crippen MR) is 58.3 cm³/mol. The number of likely N-dealkylation sites (N-methyl/N-ethyl adjacent to an activating group) is 1. The van der Waals surface area contributed by atoms with Gasteiger partial charge in [-0.2, -0.15) is 0 Å². The van der Waals surface area contributed by atoms with Gasteiger partial charge >= 0.3 is 0 Å². The Morgan fingerprint density at radius 3 is 2.54 bits per heavy atom. The van der Waals surface area contributed by atoms with Crippen molar-refractivity contribution < 1.29 is 0 Å². The zero-order valence-corrected chi connectivity index (χ0v) is 9.52. The molecular formula is C10H18N2S. The molecule has 0 N–H and O–H groups in total. The molecule has 0 fully saturated rings. The summed E-state index contributed by atoms with van der Waals surface area (Å²) >= 11 is 1.77. The molecule has 0 spiro atoms. The molecule has 0 saturated heterocycles. The standard InChI is InChI=1S/C10H18N2S/c1-4-12(5-2)7-6-10-11-9(3)8-13-10/h8H,4-7H2,1-3H3. The molecule has 0 saturated carbocycles. The van der Waals surface area contributed by atoms with Gasteiger partial charge in [-0.25, -0.2) is 4.98 Å². The number of nitrogens with zero attached hydrogens (tertiary/aromatic N) is 2. The lowest BCUT2D eigenvalue weighted by molar-refractivity contribution is 0.308. The number of hydrogen-bond acceptors (Lipinski definition) is 3. The Morgan fingerprint density at radius 1 is 1.38 bits per heavy atom. The number of rotatable bonds is 5. The highest BCUT2D eigenvalue weighted by Gasteiger charge is 2.02. The van der Waals surface area contributed by atoms with Gasteiger partial charge in [0.25, 0.3) is 0 Å². The van der Waals surface area contributed by atoms with E-state index in [9.17, 15) is 0 Å². The summed E-state index contributed by atoms with van der Waals surface area (Å²) in [7, 11) is 0. The second-order valence-electron chi connectivity index (χ2n) is 3.16. The van der Waals surface area contributed by atoms with Crippen molar-refractivity contribution in [2.24, 2.45) is 0 Å². The van der Waals surface area contributed by atoms with Crippen LogP contribution in [0.4, 0.5) is 0 Å². The quantitative estimate of drug-likeness (QED) is 0.722. The molecule has 0 atom stereocenters. The number of hydrogen-bond donors (Lipinski definition) is 0. The third kappa shape index (κ3) is 3.44. The van der Waals surface area contributed by atoms with E-state index in [1.165, 1.54) is 5.01 Å². The summed E-state index contributed by atoms with van der Waals surface area (Å²) in [5.74, 6) is 0.